The van der Waals surface area contributed by atoms with Crippen LogP contribution in [-0.2, 0) is 6.42 Å². The molecule has 5 nitrogen and oxygen atoms in total. The fraction of sp³-hybridized carbons (Fsp3) is 0.818. The van der Waals surface area contributed by atoms with E-state index in [-0.39, 0.29) is 0 Å². The highest BCUT2D eigenvalue weighted by atomic mass is 16.4. The molecule has 16 heavy (non-hydrogen) atoms. The lowest BCUT2D eigenvalue weighted by Crippen LogP contribution is -2.24. The molecule has 0 radical (unpaired) electrons. The molecular formula is C11H20N4O. The van der Waals surface area contributed by atoms with Crippen LogP contribution in [0.5, 0.6) is 0 Å². The van der Waals surface area contributed by atoms with Gasteiger partial charge in [0, 0.05) is 19.0 Å². The van der Waals surface area contributed by atoms with Crippen molar-refractivity contribution in [2.24, 2.45) is 17.6 Å². The number of nitrogens with zero attached hydrogens (tertiary/aromatic N) is 2. The first-order valence-electron chi connectivity index (χ1n) is 5.99. The van der Waals surface area contributed by atoms with Gasteiger partial charge in [0.25, 0.3) is 0 Å². The van der Waals surface area contributed by atoms with Crippen LogP contribution < -0.4 is 11.1 Å². The lowest BCUT2D eigenvalue weighted by molar-refractivity contribution is 0.424. The molecule has 1 fully saturated rings. The van der Waals surface area contributed by atoms with Crippen molar-refractivity contribution in [1.29, 1.82) is 0 Å². The van der Waals surface area contributed by atoms with Crippen molar-refractivity contribution in [2.45, 2.75) is 39.2 Å². The quantitative estimate of drug-likeness (QED) is 0.808. The van der Waals surface area contributed by atoms with E-state index >= 15 is 0 Å². The topological polar surface area (TPSA) is 77.0 Å². The second-order valence-electron chi connectivity index (χ2n) is 4.70. The van der Waals surface area contributed by atoms with Gasteiger partial charge < -0.3 is 15.5 Å². The number of aromatic nitrogens is 2. The van der Waals surface area contributed by atoms with Gasteiger partial charge in [-0.3, -0.25) is 0 Å². The van der Waals surface area contributed by atoms with Gasteiger partial charge in [-0.25, -0.2) is 0 Å². The molecule has 0 amide bonds. The normalized spacial score (nSPS) is 29.6. The smallest absolute Gasteiger partial charge is 0.315 e. The minimum Gasteiger partial charge on any atom is -0.408 e. The second kappa shape index (κ2) is 4.82. The summed E-state index contributed by atoms with van der Waals surface area (Å²) in [5.74, 6) is 2.04. The highest BCUT2D eigenvalue weighted by molar-refractivity contribution is 5.21. The third kappa shape index (κ3) is 2.35. The number of nitrogens with one attached hydrogen (secondary N) is 1. The molecule has 1 aromatic rings. The van der Waals surface area contributed by atoms with Gasteiger partial charge in [-0.2, -0.15) is 0 Å². The zero-order valence-corrected chi connectivity index (χ0v) is 9.94. The SMILES string of the molecule is CC1CCC(Nc2nnc(CCN)o2)C1C. The van der Waals surface area contributed by atoms with Crippen LogP contribution in [0.3, 0.4) is 0 Å². The van der Waals surface area contributed by atoms with Crippen LogP contribution in [0.15, 0.2) is 4.42 Å². The molecule has 0 spiro atoms. The van der Waals surface area contributed by atoms with E-state index in [1.165, 1.54) is 12.8 Å². The summed E-state index contributed by atoms with van der Waals surface area (Å²) in [6.07, 6.45) is 3.09. The lowest BCUT2D eigenvalue weighted by Gasteiger charge is -2.17. The molecule has 1 heterocycles. The summed E-state index contributed by atoms with van der Waals surface area (Å²) in [5, 5.41) is 11.2. The average Bonchev–Trinajstić information content (AvgIpc) is 2.82. The van der Waals surface area contributed by atoms with Crippen molar-refractivity contribution < 1.29 is 4.42 Å². The first kappa shape index (κ1) is 11.4. The van der Waals surface area contributed by atoms with Crippen molar-refractivity contribution in [1.82, 2.24) is 10.2 Å². The fourth-order valence-electron chi connectivity index (χ4n) is 2.26. The Morgan fingerprint density at radius 3 is 2.81 bits per heavy atom. The Hall–Kier alpha value is -1.10. The predicted octanol–water partition coefficient (Wildman–Crippen LogP) is 1.42. The Kier molecular flexibility index (Phi) is 3.43. The van der Waals surface area contributed by atoms with Gasteiger partial charge >= 0.3 is 6.01 Å². The van der Waals surface area contributed by atoms with Gasteiger partial charge in [-0.1, -0.05) is 18.9 Å². The van der Waals surface area contributed by atoms with Crippen molar-refractivity contribution >= 4 is 6.01 Å². The lowest BCUT2D eigenvalue weighted by atomic mass is 9.98. The predicted molar refractivity (Wildman–Crippen MR) is 62.0 cm³/mol. The summed E-state index contributed by atoms with van der Waals surface area (Å²) in [6.45, 7) is 5.10. The highest BCUT2D eigenvalue weighted by Crippen LogP contribution is 2.32. The van der Waals surface area contributed by atoms with Gasteiger partial charge in [0.2, 0.25) is 5.89 Å². The summed E-state index contributed by atoms with van der Waals surface area (Å²) in [7, 11) is 0. The largest absolute Gasteiger partial charge is 0.408 e. The Bertz CT molecular complexity index is 338. The molecule has 90 valence electrons. The molecule has 1 saturated carbocycles. The average molecular weight is 224 g/mol. The van der Waals surface area contributed by atoms with Crippen molar-refractivity contribution in [2.75, 3.05) is 11.9 Å². The summed E-state index contributed by atoms with van der Waals surface area (Å²) < 4.78 is 5.46. The van der Waals surface area contributed by atoms with E-state index in [4.69, 9.17) is 10.2 Å². The van der Waals surface area contributed by atoms with Crippen LogP contribution in [0, 0.1) is 11.8 Å². The van der Waals surface area contributed by atoms with Crippen LogP contribution in [0.1, 0.15) is 32.6 Å². The number of nitrogens with two attached hydrogens (primary N) is 1. The molecule has 0 saturated heterocycles. The van der Waals surface area contributed by atoms with E-state index in [0.717, 1.165) is 5.92 Å². The zero-order chi connectivity index (χ0) is 11.5. The zero-order valence-electron chi connectivity index (χ0n) is 9.94. The maximum atomic E-state index is 5.46. The number of hydrogen-bond donors (Lipinski definition) is 2. The van der Waals surface area contributed by atoms with Crippen molar-refractivity contribution in [3.63, 3.8) is 0 Å². The summed E-state index contributed by atoms with van der Waals surface area (Å²) >= 11 is 0. The van der Waals surface area contributed by atoms with E-state index in [0.29, 0.717) is 36.8 Å². The van der Waals surface area contributed by atoms with Gasteiger partial charge in [-0.15, -0.1) is 5.10 Å². The van der Waals surface area contributed by atoms with Crippen molar-refractivity contribution in [3.05, 3.63) is 5.89 Å². The van der Waals surface area contributed by atoms with Crippen molar-refractivity contribution in [3.8, 4) is 0 Å². The summed E-state index contributed by atoms with van der Waals surface area (Å²) in [5.41, 5.74) is 5.43. The second-order valence-corrected chi connectivity index (χ2v) is 4.70. The van der Waals surface area contributed by atoms with Crippen LogP contribution in [0.4, 0.5) is 6.01 Å². The van der Waals surface area contributed by atoms with E-state index < -0.39 is 0 Å². The molecule has 1 aliphatic carbocycles. The Labute approximate surface area is 95.8 Å². The molecule has 3 unspecified atom stereocenters. The van der Waals surface area contributed by atoms with E-state index in [1.807, 2.05) is 0 Å². The highest BCUT2D eigenvalue weighted by Gasteiger charge is 2.30. The van der Waals surface area contributed by atoms with Gasteiger partial charge in [0.1, 0.15) is 0 Å². The molecule has 5 heteroatoms. The molecule has 1 aromatic heterocycles. The van der Waals surface area contributed by atoms with E-state index in [1.54, 1.807) is 0 Å². The molecule has 2 rings (SSSR count). The van der Waals surface area contributed by atoms with E-state index in [2.05, 4.69) is 29.4 Å². The minimum atomic E-state index is 0.459. The first-order chi connectivity index (χ1) is 7.70. The maximum absolute atomic E-state index is 5.46. The van der Waals surface area contributed by atoms with Gasteiger partial charge in [0.15, 0.2) is 0 Å². The maximum Gasteiger partial charge on any atom is 0.315 e. The molecule has 1 aliphatic rings. The Balaban J connectivity index is 1.93. The number of anilines is 1. The Morgan fingerprint density at radius 1 is 1.38 bits per heavy atom. The van der Waals surface area contributed by atoms with Crippen LogP contribution in [-0.4, -0.2) is 22.8 Å². The molecular weight excluding hydrogens is 204 g/mol. The molecule has 0 aliphatic heterocycles. The molecule has 0 bridgehead atoms. The minimum absolute atomic E-state index is 0.459. The number of rotatable bonds is 4. The first-order valence-corrected chi connectivity index (χ1v) is 5.99. The molecule has 3 N–H and O–H groups in total. The molecule has 0 aromatic carbocycles. The van der Waals surface area contributed by atoms with Gasteiger partial charge in [-0.05, 0) is 24.7 Å². The van der Waals surface area contributed by atoms with Crippen LogP contribution >= 0.6 is 0 Å². The third-order valence-electron chi connectivity index (χ3n) is 3.60. The van der Waals surface area contributed by atoms with Gasteiger partial charge in [0.05, 0.1) is 0 Å². The number of hydrogen-bond acceptors (Lipinski definition) is 5. The Morgan fingerprint density at radius 2 is 2.19 bits per heavy atom. The van der Waals surface area contributed by atoms with Crippen LogP contribution in [0.2, 0.25) is 0 Å². The fourth-order valence-corrected chi connectivity index (χ4v) is 2.26. The molecule has 3 atom stereocenters. The summed E-state index contributed by atoms with van der Waals surface area (Å²) in [6, 6.07) is 0.996. The third-order valence-corrected chi connectivity index (χ3v) is 3.60. The summed E-state index contributed by atoms with van der Waals surface area (Å²) in [4.78, 5) is 0. The van der Waals surface area contributed by atoms with E-state index in [9.17, 15) is 0 Å². The standard InChI is InChI=1S/C11H20N4O/c1-7-3-4-9(8(7)2)13-11-15-14-10(16-11)5-6-12/h7-9H,3-6,12H2,1-2H3,(H,13,15). The monoisotopic (exact) mass is 224 g/mol. The van der Waals surface area contributed by atoms with Crippen LogP contribution in [0.25, 0.3) is 0 Å².